The van der Waals surface area contributed by atoms with Crippen molar-refractivity contribution in [3.8, 4) is 17.4 Å². The number of aromatic nitrogens is 1. The van der Waals surface area contributed by atoms with Gasteiger partial charge in [0.25, 0.3) is 0 Å². The molecule has 98 valence electrons. The van der Waals surface area contributed by atoms with Crippen LogP contribution in [0.4, 0.5) is 0 Å². The third-order valence-corrected chi connectivity index (χ3v) is 2.31. The van der Waals surface area contributed by atoms with Crippen molar-refractivity contribution in [3.63, 3.8) is 0 Å². The summed E-state index contributed by atoms with van der Waals surface area (Å²) in [5.74, 6) is 0.620. The molecule has 0 fully saturated rings. The highest BCUT2D eigenvalue weighted by molar-refractivity contribution is 5.89. The van der Waals surface area contributed by atoms with Crippen molar-refractivity contribution in [2.75, 3.05) is 6.61 Å². The lowest BCUT2D eigenvalue weighted by atomic mass is 10.2. The number of esters is 1. The standard InChI is InChI=1S/C14H13NO4/c1-2-18-14(17)10-3-6-12(7-4-10)19-13-8-5-11(16)9-15-13/h3-9,16H,2H2,1H3. The second kappa shape index (κ2) is 5.86. The number of hydrogen-bond acceptors (Lipinski definition) is 5. The Balaban J connectivity index is 2.06. The molecule has 0 atom stereocenters. The Bertz CT molecular complexity index is 549. The molecule has 0 saturated carbocycles. The summed E-state index contributed by atoms with van der Waals surface area (Å²) in [4.78, 5) is 15.3. The van der Waals surface area contributed by atoms with E-state index in [4.69, 9.17) is 14.6 Å². The SMILES string of the molecule is CCOC(=O)c1ccc(Oc2ccc(O)cn2)cc1. The van der Waals surface area contributed by atoms with Crippen LogP contribution in [0.15, 0.2) is 42.6 Å². The number of benzene rings is 1. The average Bonchev–Trinajstić information content (AvgIpc) is 2.42. The highest BCUT2D eigenvalue weighted by Gasteiger charge is 2.06. The number of carbonyl (C=O) groups excluding carboxylic acids is 1. The molecule has 0 aliphatic heterocycles. The van der Waals surface area contributed by atoms with Crippen LogP contribution in [0.5, 0.6) is 17.4 Å². The summed E-state index contributed by atoms with van der Waals surface area (Å²) < 4.78 is 10.3. The first-order chi connectivity index (χ1) is 9.19. The summed E-state index contributed by atoms with van der Waals surface area (Å²) >= 11 is 0. The summed E-state index contributed by atoms with van der Waals surface area (Å²) in [6.07, 6.45) is 1.29. The summed E-state index contributed by atoms with van der Waals surface area (Å²) in [5.41, 5.74) is 0.466. The zero-order valence-electron chi connectivity index (χ0n) is 10.4. The van der Waals surface area contributed by atoms with Crippen LogP contribution < -0.4 is 4.74 Å². The van der Waals surface area contributed by atoms with Gasteiger partial charge < -0.3 is 14.6 Å². The smallest absolute Gasteiger partial charge is 0.338 e. The summed E-state index contributed by atoms with van der Waals surface area (Å²) in [6.45, 7) is 2.10. The Kier molecular flexibility index (Phi) is 3.97. The summed E-state index contributed by atoms with van der Waals surface area (Å²) in [6, 6.07) is 9.58. The average molecular weight is 259 g/mol. The molecule has 0 unspecified atom stereocenters. The molecule has 0 radical (unpaired) electrons. The van der Waals surface area contributed by atoms with E-state index in [1.807, 2.05) is 0 Å². The van der Waals surface area contributed by atoms with Crippen LogP contribution in [-0.4, -0.2) is 22.7 Å². The predicted molar refractivity (Wildman–Crippen MR) is 68.4 cm³/mol. The predicted octanol–water partition coefficient (Wildman–Crippen LogP) is 2.76. The number of nitrogens with zero attached hydrogens (tertiary/aromatic N) is 1. The van der Waals surface area contributed by atoms with E-state index < -0.39 is 0 Å². The van der Waals surface area contributed by atoms with E-state index in [2.05, 4.69) is 4.98 Å². The molecule has 5 nitrogen and oxygen atoms in total. The minimum atomic E-state index is -0.364. The molecule has 0 aliphatic rings. The first-order valence-corrected chi connectivity index (χ1v) is 5.79. The Morgan fingerprint density at radius 1 is 1.21 bits per heavy atom. The van der Waals surface area contributed by atoms with Crippen LogP contribution in [0.1, 0.15) is 17.3 Å². The fourth-order valence-electron chi connectivity index (χ4n) is 1.43. The van der Waals surface area contributed by atoms with Gasteiger partial charge in [-0.1, -0.05) is 0 Å². The van der Waals surface area contributed by atoms with Gasteiger partial charge in [-0.3, -0.25) is 0 Å². The molecule has 1 aromatic heterocycles. The number of rotatable bonds is 4. The number of pyridine rings is 1. The maximum Gasteiger partial charge on any atom is 0.338 e. The van der Waals surface area contributed by atoms with Crippen LogP contribution in [0.25, 0.3) is 0 Å². The minimum Gasteiger partial charge on any atom is -0.506 e. The van der Waals surface area contributed by atoms with E-state index >= 15 is 0 Å². The second-order valence-electron chi connectivity index (χ2n) is 3.70. The lowest BCUT2D eigenvalue weighted by Gasteiger charge is -2.05. The number of carbonyl (C=O) groups is 1. The van der Waals surface area contributed by atoms with Gasteiger partial charge in [-0.15, -0.1) is 0 Å². The third kappa shape index (κ3) is 3.45. The van der Waals surface area contributed by atoms with Gasteiger partial charge in [-0.25, -0.2) is 9.78 Å². The molecule has 0 bridgehead atoms. The van der Waals surface area contributed by atoms with Gasteiger partial charge in [0.05, 0.1) is 18.4 Å². The first-order valence-electron chi connectivity index (χ1n) is 5.79. The van der Waals surface area contributed by atoms with E-state index in [1.165, 1.54) is 12.3 Å². The van der Waals surface area contributed by atoms with Crippen molar-refractivity contribution in [2.45, 2.75) is 6.92 Å². The number of ether oxygens (including phenoxy) is 2. The third-order valence-electron chi connectivity index (χ3n) is 2.31. The van der Waals surface area contributed by atoms with E-state index in [-0.39, 0.29) is 11.7 Å². The van der Waals surface area contributed by atoms with E-state index in [0.29, 0.717) is 23.8 Å². The maximum absolute atomic E-state index is 11.4. The number of hydrogen-bond donors (Lipinski definition) is 1. The molecule has 2 aromatic rings. The molecule has 5 heteroatoms. The molecule has 19 heavy (non-hydrogen) atoms. The van der Waals surface area contributed by atoms with Crippen LogP contribution >= 0.6 is 0 Å². The van der Waals surface area contributed by atoms with Crippen molar-refractivity contribution < 1.29 is 19.4 Å². The lowest BCUT2D eigenvalue weighted by Crippen LogP contribution is -2.04. The zero-order chi connectivity index (χ0) is 13.7. The van der Waals surface area contributed by atoms with Gasteiger partial charge in [0.1, 0.15) is 11.5 Å². The normalized spacial score (nSPS) is 9.95. The summed E-state index contributed by atoms with van der Waals surface area (Å²) in [5, 5.41) is 9.10. The largest absolute Gasteiger partial charge is 0.506 e. The molecule has 1 heterocycles. The maximum atomic E-state index is 11.4. The molecule has 0 aliphatic carbocycles. The molecule has 1 aromatic carbocycles. The van der Waals surface area contributed by atoms with Crippen LogP contribution in [-0.2, 0) is 4.74 Å². The van der Waals surface area contributed by atoms with Crippen molar-refractivity contribution in [1.29, 1.82) is 0 Å². The molecular formula is C14H13NO4. The summed E-state index contributed by atoms with van der Waals surface area (Å²) in [7, 11) is 0. The lowest BCUT2D eigenvalue weighted by molar-refractivity contribution is 0.0526. The fraction of sp³-hybridized carbons (Fsp3) is 0.143. The Labute approximate surface area is 110 Å². The minimum absolute atomic E-state index is 0.0741. The van der Waals surface area contributed by atoms with E-state index in [1.54, 1.807) is 37.3 Å². The van der Waals surface area contributed by atoms with Crippen molar-refractivity contribution in [3.05, 3.63) is 48.2 Å². The second-order valence-corrected chi connectivity index (χ2v) is 3.70. The molecule has 2 rings (SSSR count). The van der Waals surface area contributed by atoms with Gasteiger partial charge in [-0.2, -0.15) is 0 Å². The van der Waals surface area contributed by atoms with Gasteiger partial charge in [0.2, 0.25) is 5.88 Å². The van der Waals surface area contributed by atoms with Crippen LogP contribution in [0.3, 0.4) is 0 Å². The van der Waals surface area contributed by atoms with Gasteiger partial charge in [0.15, 0.2) is 0 Å². The monoisotopic (exact) mass is 259 g/mol. The van der Waals surface area contributed by atoms with E-state index in [9.17, 15) is 4.79 Å². The highest BCUT2D eigenvalue weighted by atomic mass is 16.5. The van der Waals surface area contributed by atoms with Gasteiger partial charge >= 0.3 is 5.97 Å². The number of aromatic hydroxyl groups is 1. The van der Waals surface area contributed by atoms with Crippen LogP contribution in [0, 0.1) is 0 Å². The topological polar surface area (TPSA) is 68.7 Å². The molecule has 1 N–H and O–H groups in total. The Morgan fingerprint density at radius 2 is 1.95 bits per heavy atom. The van der Waals surface area contributed by atoms with Gasteiger partial charge in [0, 0.05) is 6.07 Å². The van der Waals surface area contributed by atoms with Crippen LogP contribution in [0.2, 0.25) is 0 Å². The zero-order valence-corrected chi connectivity index (χ0v) is 10.4. The molecule has 0 spiro atoms. The van der Waals surface area contributed by atoms with Crippen molar-refractivity contribution in [2.24, 2.45) is 0 Å². The van der Waals surface area contributed by atoms with E-state index in [0.717, 1.165) is 0 Å². The van der Waals surface area contributed by atoms with Crippen molar-refractivity contribution >= 4 is 5.97 Å². The molecular weight excluding hydrogens is 246 g/mol. The molecule has 0 amide bonds. The van der Waals surface area contributed by atoms with Crippen molar-refractivity contribution in [1.82, 2.24) is 4.98 Å². The highest BCUT2D eigenvalue weighted by Crippen LogP contribution is 2.21. The van der Waals surface area contributed by atoms with Gasteiger partial charge in [-0.05, 0) is 37.3 Å². The molecule has 0 saturated heterocycles. The fourth-order valence-corrected chi connectivity index (χ4v) is 1.43. The Morgan fingerprint density at radius 3 is 2.53 bits per heavy atom. The quantitative estimate of drug-likeness (QED) is 0.855. The Hall–Kier alpha value is -2.56. The first kappa shape index (κ1) is 12.9.